The molecule has 2 aromatic rings. The fraction of sp³-hybridized carbons (Fsp3) is 0.333. The average Bonchev–Trinajstić information content (AvgIpc) is 2.85. The highest BCUT2D eigenvalue weighted by atomic mass is 32.2. The predicted octanol–water partition coefficient (Wildman–Crippen LogP) is -1.59. The third-order valence-corrected chi connectivity index (χ3v) is 3.05. The molecule has 0 radical (unpaired) electrons. The molecule has 2 heterocycles. The molecular formula is C6H9N7O2S. The number of nitrogens with zero attached hydrogens (tertiary/aromatic N) is 5. The summed E-state index contributed by atoms with van der Waals surface area (Å²) in [5, 5.41) is 12.7. The third-order valence-electron chi connectivity index (χ3n) is 1.77. The Labute approximate surface area is 90.9 Å². The lowest BCUT2D eigenvalue weighted by Crippen LogP contribution is -2.24. The van der Waals surface area contributed by atoms with Crippen LogP contribution >= 0.6 is 0 Å². The maximum absolute atomic E-state index is 11.7. The highest BCUT2D eigenvalue weighted by Crippen LogP contribution is 2.03. The average molecular weight is 243 g/mol. The quantitative estimate of drug-likeness (QED) is 0.668. The Balaban J connectivity index is 2.09. The first-order chi connectivity index (χ1) is 7.58. The number of aryl methyl sites for hydroxylation is 1. The number of aromatic amines is 1. The van der Waals surface area contributed by atoms with Gasteiger partial charge in [0, 0.05) is 13.2 Å². The zero-order valence-electron chi connectivity index (χ0n) is 8.32. The van der Waals surface area contributed by atoms with Crippen molar-refractivity contribution in [3.05, 3.63) is 18.3 Å². The predicted molar refractivity (Wildman–Crippen MR) is 51.4 cm³/mol. The Kier molecular flexibility index (Phi) is 2.66. The van der Waals surface area contributed by atoms with Crippen molar-refractivity contribution >= 4 is 10.0 Å². The van der Waals surface area contributed by atoms with Gasteiger partial charge in [0.05, 0.1) is 12.9 Å². The minimum absolute atomic E-state index is 0.0323. The number of hydrogen-bond donors (Lipinski definition) is 2. The Bertz CT molecular complexity index is 557. The van der Waals surface area contributed by atoms with Gasteiger partial charge in [-0.2, -0.15) is 5.21 Å². The highest BCUT2D eigenvalue weighted by Gasteiger charge is 2.17. The minimum Gasteiger partial charge on any atom is -0.339 e. The summed E-state index contributed by atoms with van der Waals surface area (Å²) in [6.45, 7) is -0.0323. The molecule has 0 amide bonds. The van der Waals surface area contributed by atoms with Crippen molar-refractivity contribution in [3.8, 4) is 0 Å². The summed E-state index contributed by atoms with van der Waals surface area (Å²) >= 11 is 0. The Morgan fingerprint density at radius 1 is 1.56 bits per heavy atom. The maximum atomic E-state index is 11.7. The molecule has 86 valence electrons. The van der Waals surface area contributed by atoms with Crippen molar-refractivity contribution in [2.45, 2.75) is 11.6 Å². The molecule has 0 spiro atoms. The maximum Gasteiger partial charge on any atom is 0.259 e. The molecule has 0 aliphatic rings. The lowest BCUT2D eigenvalue weighted by Gasteiger charge is -1.99. The zero-order chi connectivity index (χ0) is 11.6. The number of aromatic nitrogens is 6. The van der Waals surface area contributed by atoms with Crippen molar-refractivity contribution < 1.29 is 8.42 Å². The second kappa shape index (κ2) is 3.98. The highest BCUT2D eigenvalue weighted by molar-refractivity contribution is 7.89. The van der Waals surface area contributed by atoms with Gasteiger partial charge >= 0.3 is 0 Å². The lowest BCUT2D eigenvalue weighted by atomic mass is 10.7. The van der Waals surface area contributed by atoms with Gasteiger partial charge in [-0.1, -0.05) is 5.21 Å². The van der Waals surface area contributed by atoms with E-state index in [9.17, 15) is 8.42 Å². The first-order valence-corrected chi connectivity index (χ1v) is 5.76. The molecule has 2 N–H and O–H groups in total. The van der Waals surface area contributed by atoms with Crippen molar-refractivity contribution in [2.75, 3.05) is 0 Å². The first-order valence-electron chi connectivity index (χ1n) is 4.28. The topological polar surface area (TPSA) is 118 Å². The van der Waals surface area contributed by atoms with Gasteiger partial charge < -0.3 is 4.57 Å². The molecule has 0 fully saturated rings. The van der Waals surface area contributed by atoms with Crippen LogP contribution in [0, 0.1) is 0 Å². The van der Waals surface area contributed by atoms with E-state index in [1.165, 1.54) is 12.5 Å². The SMILES string of the molecule is Cn1cnc(S(=O)(=O)NCc2nn[nH]n2)c1. The van der Waals surface area contributed by atoms with Crippen LogP contribution in [0.1, 0.15) is 5.82 Å². The van der Waals surface area contributed by atoms with Crippen LogP contribution in [0.5, 0.6) is 0 Å². The van der Waals surface area contributed by atoms with Crippen LogP contribution in [0.2, 0.25) is 0 Å². The summed E-state index contributed by atoms with van der Waals surface area (Å²) < 4.78 is 27.2. The number of rotatable bonds is 4. The molecule has 2 rings (SSSR count). The molecule has 9 nitrogen and oxygen atoms in total. The summed E-state index contributed by atoms with van der Waals surface area (Å²) in [6, 6.07) is 0. The number of sulfonamides is 1. The second-order valence-electron chi connectivity index (χ2n) is 3.03. The molecule has 0 saturated heterocycles. The molecule has 16 heavy (non-hydrogen) atoms. The van der Waals surface area contributed by atoms with Gasteiger partial charge in [0.1, 0.15) is 0 Å². The zero-order valence-corrected chi connectivity index (χ0v) is 9.14. The van der Waals surface area contributed by atoms with E-state index >= 15 is 0 Å². The molecule has 0 atom stereocenters. The van der Waals surface area contributed by atoms with Crippen molar-refractivity contribution in [2.24, 2.45) is 7.05 Å². The van der Waals surface area contributed by atoms with E-state index < -0.39 is 10.0 Å². The summed E-state index contributed by atoms with van der Waals surface area (Å²) in [4.78, 5) is 3.74. The molecular weight excluding hydrogens is 234 g/mol. The molecule has 2 aromatic heterocycles. The Hall–Kier alpha value is -1.81. The monoisotopic (exact) mass is 243 g/mol. The van der Waals surface area contributed by atoms with Crippen molar-refractivity contribution in [1.82, 2.24) is 34.9 Å². The van der Waals surface area contributed by atoms with Gasteiger partial charge in [-0.05, 0) is 0 Å². The fourth-order valence-corrected chi connectivity index (χ4v) is 1.98. The van der Waals surface area contributed by atoms with Crippen LogP contribution in [0.25, 0.3) is 0 Å². The molecule has 0 aromatic carbocycles. The number of hydrogen-bond acceptors (Lipinski definition) is 6. The van der Waals surface area contributed by atoms with Crippen LogP contribution in [0.4, 0.5) is 0 Å². The van der Waals surface area contributed by atoms with Gasteiger partial charge in [-0.3, -0.25) is 0 Å². The fourth-order valence-electron chi connectivity index (χ4n) is 1.02. The van der Waals surface area contributed by atoms with Gasteiger partial charge in [-0.25, -0.2) is 18.1 Å². The Morgan fingerprint density at radius 3 is 2.94 bits per heavy atom. The van der Waals surface area contributed by atoms with Crippen LogP contribution < -0.4 is 4.72 Å². The molecule has 0 saturated carbocycles. The standard InChI is InChI=1S/C6H9N7O2S/c1-13-3-6(7-4-13)16(14,15)8-2-5-9-11-12-10-5/h3-4,8H,2H2,1H3,(H,9,10,11,12). The summed E-state index contributed by atoms with van der Waals surface area (Å²) in [7, 11) is -1.93. The normalized spacial score (nSPS) is 11.8. The molecule has 0 unspecified atom stereocenters. The summed E-state index contributed by atoms with van der Waals surface area (Å²) in [5.74, 6) is 0.263. The van der Waals surface area contributed by atoms with E-state index in [0.717, 1.165) is 0 Å². The molecule has 10 heteroatoms. The van der Waals surface area contributed by atoms with E-state index in [1.807, 2.05) is 0 Å². The molecule has 0 bridgehead atoms. The minimum atomic E-state index is -3.62. The van der Waals surface area contributed by atoms with Gasteiger partial charge in [0.15, 0.2) is 10.9 Å². The molecule has 0 aliphatic heterocycles. The Morgan fingerprint density at radius 2 is 2.38 bits per heavy atom. The van der Waals surface area contributed by atoms with Gasteiger partial charge in [-0.15, -0.1) is 10.2 Å². The van der Waals surface area contributed by atoms with E-state index in [4.69, 9.17) is 0 Å². The lowest BCUT2D eigenvalue weighted by molar-refractivity contribution is 0.576. The van der Waals surface area contributed by atoms with E-state index in [-0.39, 0.29) is 17.4 Å². The number of H-pyrrole nitrogens is 1. The van der Waals surface area contributed by atoms with Crippen molar-refractivity contribution in [1.29, 1.82) is 0 Å². The summed E-state index contributed by atoms with van der Waals surface area (Å²) in [6.07, 6.45) is 2.81. The summed E-state index contributed by atoms with van der Waals surface area (Å²) in [5.41, 5.74) is 0. The van der Waals surface area contributed by atoms with Gasteiger partial charge in [0.25, 0.3) is 10.0 Å². The van der Waals surface area contributed by atoms with Crippen LogP contribution in [-0.2, 0) is 23.6 Å². The second-order valence-corrected chi connectivity index (χ2v) is 4.74. The number of nitrogens with one attached hydrogen (secondary N) is 2. The van der Waals surface area contributed by atoms with Crippen LogP contribution in [0.3, 0.4) is 0 Å². The van der Waals surface area contributed by atoms with E-state index in [1.54, 1.807) is 11.6 Å². The molecule has 0 aliphatic carbocycles. The third kappa shape index (κ3) is 2.23. The van der Waals surface area contributed by atoms with Crippen LogP contribution in [-0.4, -0.2) is 38.6 Å². The van der Waals surface area contributed by atoms with Crippen LogP contribution in [0.15, 0.2) is 17.6 Å². The van der Waals surface area contributed by atoms with Crippen molar-refractivity contribution in [3.63, 3.8) is 0 Å². The smallest absolute Gasteiger partial charge is 0.259 e. The number of imidazole rings is 1. The van der Waals surface area contributed by atoms with E-state index in [0.29, 0.717) is 0 Å². The largest absolute Gasteiger partial charge is 0.339 e. The number of tetrazole rings is 1. The first kappa shape index (κ1) is 10.7. The van der Waals surface area contributed by atoms with Gasteiger partial charge in [0.2, 0.25) is 0 Å². The van der Waals surface area contributed by atoms with E-state index in [2.05, 4.69) is 30.3 Å².